The van der Waals surface area contributed by atoms with Gasteiger partial charge < -0.3 is 5.32 Å². The number of carbonyl (C=O) groups is 2. The number of carbonyl (C=O) groups excluding carboxylic acids is 2. The summed E-state index contributed by atoms with van der Waals surface area (Å²) < 4.78 is 0. The summed E-state index contributed by atoms with van der Waals surface area (Å²) >= 11 is 0. The first-order valence-corrected chi connectivity index (χ1v) is 8.22. The van der Waals surface area contributed by atoms with Gasteiger partial charge in [0.2, 0.25) is 5.91 Å². The summed E-state index contributed by atoms with van der Waals surface area (Å²) in [5.41, 5.74) is 3.10. The Kier molecular flexibility index (Phi) is 5.79. The molecule has 3 amide bonds. The minimum absolute atomic E-state index is 0.0906. The highest BCUT2D eigenvalue weighted by Gasteiger charge is 2.30. The maximum Gasteiger partial charge on any atom is 0.340 e. The lowest BCUT2D eigenvalue weighted by molar-refractivity contribution is -0.138. The average Bonchev–Trinajstić information content (AvgIpc) is 3.05. The summed E-state index contributed by atoms with van der Waals surface area (Å²) in [6.45, 7) is 8.87. The Balaban J connectivity index is 2.18. The third kappa shape index (κ3) is 3.73. The van der Waals surface area contributed by atoms with Crippen LogP contribution in [0.25, 0.3) is 0 Å². The first kappa shape index (κ1) is 17.1. The molecule has 0 radical (unpaired) electrons. The van der Waals surface area contributed by atoms with E-state index in [0.717, 1.165) is 36.1 Å². The monoisotopic (exact) mass is 315 g/mol. The van der Waals surface area contributed by atoms with Gasteiger partial charge in [0.1, 0.15) is 0 Å². The highest BCUT2D eigenvalue weighted by molar-refractivity contribution is 5.93. The molecular formula is C18H25N3O2. The van der Waals surface area contributed by atoms with Gasteiger partial charge in [-0.3, -0.25) is 4.79 Å². The number of hydrazine groups is 1. The molecule has 1 saturated heterocycles. The molecule has 23 heavy (non-hydrogen) atoms. The second-order valence-corrected chi connectivity index (χ2v) is 5.57. The molecule has 0 saturated carbocycles. The number of benzene rings is 1. The fourth-order valence-corrected chi connectivity index (χ4v) is 2.89. The van der Waals surface area contributed by atoms with Crippen LogP contribution in [0.5, 0.6) is 0 Å². The van der Waals surface area contributed by atoms with E-state index in [9.17, 15) is 9.59 Å². The molecule has 0 unspecified atom stereocenters. The Morgan fingerprint density at radius 2 is 1.78 bits per heavy atom. The highest BCUT2D eigenvalue weighted by atomic mass is 16.2. The molecule has 1 heterocycles. The number of para-hydroxylation sites is 1. The van der Waals surface area contributed by atoms with Gasteiger partial charge in [-0.2, -0.15) is 0 Å². The van der Waals surface area contributed by atoms with Gasteiger partial charge in [-0.1, -0.05) is 38.1 Å². The molecule has 1 aromatic carbocycles. The van der Waals surface area contributed by atoms with Crippen molar-refractivity contribution in [2.75, 3.05) is 18.4 Å². The van der Waals surface area contributed by atoms with E-state index in [4.69, 9.17) is 0 Å². The third-order valence-electron chi connectivity index (χ3n) is 4.10. The van der Waals surface area contributed by atoms with Crippen molar-refractivity contribution in [3.63, 3.8) is 0 Å². The number of rotatable bonds is 5. The van der Waals surface area contributed by atoms with Crippen molar-refractivity contribution in [3.05, 3.63) is 42.0 Å². The van der Waals surface area contributed by atoms with E-state index in [1.807, 2.05) is 18.2 Å². The summed E-state index contributed by atoms with van der Waals surface area (Å²) in [5, 5.41) is 6.05. The number of anilines is 1. The van der Waals surface area contributed by atoms with E-state index in [0.29, 0.717) is 13.1 Å². The van der Waals surface area contributed by atoms with E-state index < -0.39 is 0 Å². The zero-order valence-corrected chi connectivity index (χ0v) is 14.0. The lowest BCUT2D eigenvalue weighted by atomic mass is 10.0. The predicted octanol–water partition coefficient (Wildman–Crippen LogP) is 3.37. The summed E-state index contributed by atoms with van der Waals surface area (Å²) in [6.07, 6.45) is 4.31. The Labute approximate surface area is 137 Å². The van der Waals surface area contributed by atoms with E-state index in [1.54, 1.807) is 6.08 Å². The van der Waals surface area contributed by atoms with Gasteiger partial charge in [-0.05, 0) is 30.4 Å². The normalized spacial score (nSPS) is 14.0. The summed E-state index contributed by atoms with van der Waals surface area (Å²) in [7, 11) is 0. The molecular weight excluding hydrogens is 290 g/mol. The van der Waals surface area contributed by atoms with Crippen molar-refractivity contribution in [2.24, 2.45) is 0 Å². The van der Waals surface area contributed by atoms with Gasteiger partial charge in [-0.25, -0.2) is 14.8 Å². The van der Waals surface area contributed by atoms with E-state index in [1.165, 1.54) is 10.0 Å². The number of amides is 3. The van der Waals surface area contributed by atoms with Crippen LogP contribution in [0.15, 0.2) is 30.9 Å². The van der Waals surface area contributed by atoms with Gasteiger partial charge in [-0.15, -0.1) is 6.58 Å². The van der Waals surface area contributed by atoms with Crippen LogP contribution >= 0.6 is 0 Å². The molecule has 0 aliphatic carbocycles. The summed E-state index contributed by atoms with van der Waals surface area (Å²) in [6, 6.07) is 5.83. The zero-order chi connectivity index (χ0) is 16.8. The number of hydrogen-bond acceptors (Lipinski definition) is 2. The molecule has 1 aliphatic heterocycles. The highest BCUT2D eigenvalue weighted by Crippen LogP contribution is 2.24. The molecule has 0 bridgehead atoms. The second-order valence-electron chi connectivity index (χ2n) is 5.57. The van der Waals surface area contributed by atoms with Crippen LogP contribution in [0, 0.1) is 0 Å². The number of urea groups is 1. The van der Waals surface area contributed by atoms with Crippen molar-refractivity contribution in [2.45, 2.75) is 39.5 Å². The number of hydrogen-bond donors (Lipinski definition) is 1. The maximum atomic E-state index is 12.7. The fraction of sp³-hybridized carbons (Fsp3) is 0.444. The molecule has 0 spiro atoms. The number of aryl methyl sites for hydroxylation is 2. The molecule has 1 aromatic rings. The number of nitrogens with one attached hydrogen (secondary N) is 1. The Hall–Kier alpha value is -2.30. The third-order valence-corrected chi connectivity index (χ3v) is 4.10. The second kappa shape index (κ2) is 7.81. The average molecular weight is 315 g/mol. The van der Waals surface area contributed by atoms with Crippen molar-refractivity contribution >= 4 is 17.6 Å². The van der Waals surface area contributed by atoms with E-state index >= 15 is 0 Å². The topological polar surface area (TPSA) is 52.7 Å². The summed E-state index contributed by atoms with van der Waals surface area (Å²) in [4.78, 5) is 24.8. The first-order valence-electron chi connectivity index (χ1n) is 8.22. The zero-order valence-electron chi connectivity index (χ0n) is 14.0. The molecule has 1 fully saturated rings. The van der Waals surface area contributed by atoms with Crippen molar-refractivity contribution in [3.8, 4) is 0 Å². The van der Waals surface area contributed by atoms with Crippen molar-refractivity contribution in [1.82, 2.24) is 10.0 Å². The van der Waals surface area contributed by atoms with Crippen LogP contribution in [-0.2, 0) is 17.6 Å². The van der Waals surface area contributed by atoms with Gasteiger partial charge in [0.25, 0.3) is 0 Å². The molecule has 1 aliphatic rings. The molecule has 2 rings (SSSR count). The molecule has 124 valence electrons. The first-order chi connectivity index (χ1) is 11.1. The quantitative estimate of drug-likeness (QED) is 0.847. The van der Waals surface area contributed by atoms with Crippen LogP contribution < -0.4 is 5.32 Å². The molecule has 5 heteroatoms. The maximum absolute atomic E-state index is 12.7. The largest absolute Gasteiger partial charge is 0.340 e. The van der Waals surface area contributed by atoms with Gasteiger partial charge in [0.15, 0.2) is 0 Å². The standard InChI is InChI=1S/C18H25N3O2/c1-4-9-16(22)20-12-8-13-21(20)18(23)19-17-14(5-2)10-7-11-15(17)6-3/h4,7,10-11H,1,5-6,8-9,12-13H2,2-3H3,(H,19,23). The lowest BCUT2D eigenvalue weighted by Crippen LogP contribution is -2.46. The molecule has 1 N–H and O–H groups in total. The summed E-state index contributed by atoms with van der Waals surface area (Å²) in [5.74, 6) is -0.0906. The van der Waals surface area contributed by atoms with Crippen LogP contribution in [0.4, 0.5) is 10.5 Å². The number of nitrogens with zero attached hydrogens (tertiary/aromatic N) is 2. The fourth-order valence-electron chi connectivity index (χ4n) is 2.89. The molecule has 0 aromatic heterocycles. The smallest absolute Gasteiger partial charge is 0.306 e. The van der Waals surface area contributed by atoms with E-state index in [-0.39, 0.29) is 18.4 Å². The van der Waals surface area contributed by atoms with Crippen LogP contribution in [0.1, 0.15) is 37.8 Å². The van der Waals surface area contributed by atoms with Crippen molar-refractivity contribution < 1.29 is 9.59 Å². The van der Waals surface area contributed by atoms with Crippen LogP contribution in [0.2, 0.25) is 0 Å². The van der Waals surface area contributed by atoms with Gasteiger partial charge in [0, 0.05) is 25.2 Å². The Morgan fingerprint density at radius 3 is 2.35 bits per heavy atom. The minimum Gasteiger partial charge on any atom is -0.306 e. The van der Waals surface area contributed by atoms with Crippen LogP contribution in [-0.4, -0.2) is 35.0 Å². The molecule has 5 nitrogen and oxygen atoms in total. The minimum atomic E-state index is -0.240. The molecule has 0 atom stereocenters. The van der Waals surface area contributed by atoms with Gasteiger partial charge in [0.05, 0.1) is 0 Å². The Bertz CT molecular complexity index is 576. The van der Waals surface area contributed by atoms with Gasteiger partial charge >= 0.3 is 6.03 Å². The van der Waals surface area contributed by atoms with Crippen molar-refractivity contribution in [1.29, 1.82) is 0 Å². The van der Waals surface area contributed by atoms with E-state index in [2.05, 4.69) is 25.7 Å². The SMILES string of the molecule is C=CCC(=O)N1CCCN1C(=O)Nc1c(CC)cccc1CC. The van der Waals surface area contributed by atoms with Crippen LogP contribution in [0.3, 0.4) is 0 Å². The lowest BCUT2D eigenvalue weighted by Gasteiger charge is -2.28. The Morgan fingerprint density at radius 1 is 1.17 bits per heavy atom. The predicted molar refractivity (Wildman–Crippen MR) is 92.1 cm³/mol.